The molecule has 0 spiro atoms. The highest BCUT2D eigenvalue weighted by molar-refractivity contribution is 7.99. The fourth-order valence-corrected chi connectivity index (χ4v) is 7.05. The lowest BCUT2D eigenvalue weighted by atomic mass is 9.99. The SMILES string of the molecule is C=CC(CO[Si](C)(C)C(C)(C)C)CS[C@H]1O[C@H](C=O)[C@H](OC(=O)c2ccccc2)[C@H](OC(=O)c2ccccc2)[C@H]1OC(=O)c1ccccc1. The van der Waals surface area contributed by atoms with Gasteiger partial charge < -0.3 is 28.2 Å². The van der Waals surface area contributed by atoms with Gasteiger partial charge in [0.1, 0.15) is 5.44 Å². The summed E-state index contributed by atoms with van der Waals surface area (Å²) < 4.78 is 30.6. The molecule has 6 atom stereocenters. The molecule has 0 saturated carbocycles. The van der Waals surface area contributed by atoms with Gasteiger partial charge in [0, 0.05) is 18.3 Å². The number of carbonyl (C=O) groups is 4. The van der Waals surface area contributed by atoms with E-state index >= 15 is 0 Å². The van der Waals surface area contributed by atoms with Crippen molar-refractivity contribution in [1.82, 2.24) is 0 Å². The van der Waals surface area contributed by atoms with Crippen LogP contribution in [0.1, 0.15) is 51.8 Å². The van der Waals surface area contributed by atoms with Crippen molar-refractivity contribution >= 4 is 44.3 Å². The largest absolute Gasteiger partial charge is 0.451 e. The maximum absolute atomic E-state index is 13.5. The smallest absolute Gasteiger partial charge is 0.338 e. The van der Waals surface area contributed by atoms with E-state index in [2.05, 4.69) is 40.4 Å². The van der Waals surface area contributed by atoms with E-state index in [0.717, 1.165) is 0 Å². The lowest BCUT2D eigenvalue weighted by molar-refractivity contribution is -0.195. The number of ether oxygens (including phenoxy) is 4. The van der Waals surface area contributed by atoms with Crippen LogP contribution in [0.25, 0.3) is 0 Å². The van der Waals surface area contributed by atoms with Gasteiger partial charge in [-0.05, 0) is 54.5 Å². The first-order chi connectivity index (χ1) is 23.3. The van der Waals surface area contributed by atoms with Gasteiger partial charge in [0.2, 0.25) is 0 Å². The number of aldehydes is 1. The summed E-state index contributed by atoms with van der Waals surface area (Å²) in [6.45, 7) is 15.2. The fourth-order valence-electron chi connectivity index (χ4n) is 4.71. The Hall–Kier alpha value is -4.03. The Morgan fingerprint density at radius 1 is 0.776 bits per heavy atom. The van der Waals surface area contributed by atoms with Crippen molar-refractivity contribution in [3.05, 3.63) is 120 Å². The highest BCUT2D eigenvalue weighted by Crippen LogP contribution is 2.38. The van der Waals surface area contributed by atoms with E-state index in [4.69, 9.17) is 23.4 Å². The number of esters is 3. The quantitative estimate of drug-likeness (QED) is 0.0564. The van der Waals surface area contributed by atoms with Gasteiger partial charge in [-0.1, -0.05) is 81.4 Å². The number of benzene rings is 3. The Morgan fingerprint density at radius 3 is 1.61 bits per heavy atom. The van der Waals surface area contributed by atoms with Crippen molar-refractivity contribution in [3.63, 3.8) is 0 Å². The number of thioether (sulfide) groups is 1. The molecule has 0 aliphatic carbocycles. The molecule has 0 radical (unpaired) electrons. The first kappa shape index (κ1) is 37.8. The van der Waals surface area contributed by atoms with Crippen LogP contribution in [0.15, 0.2) is 104 Å². The van der Waals surface area contributed by atoms with Crippen LogP contribution in [0.5, 0.6) is 0 Å². The van der Waals surface area contributed by atoms with Gasteiger partial charge in [-0.25, -0.2) is 14.4 Å². The lowest BCUT2D eigenvalue weighted by Gasteiger charge is -2.43. The summed E-state index contributed by atoms with van der Waals surface area (Å²) in [7, 11) is -2.07. The maximum atomic E-state index is 13.5. The van der Waals surface area contributed by atoms with Crippen molar-refractivity contribution in [2.45, 2.75) is 68.8 Å². The molecule has 3 aromatic carbocycles. The molecule has 1 aliphatic heterocycles. The molecule has 0 bridgehead atoms. The van der Waals surface area contributed by atoms with Crippen LogP contribution in [-0.2, 0) is 28.2 Å². The third kappa shape index (κ3) is 10.0. The highest BCUT2D eigenvalue weighted by Gasteiger charge is 2.53. The van der Waals surface area contributed by atoms with E-state index in [9.17, 15) is 19.2 Å². The Kier molecular flexibility index (Phi) is 13.2. The van der Waals surface area contributed by atoms with E-state index in [1.54, 1.807) is 97.1 Å². The lowest BCUT2D eigenvalue weighted by Crippen LogP contribution is -2.61. The molecule has 4 rings (SSSR count). The molecule has 9 nitrogen and oxygen atoms in total. The van der Waals surface area contributed by atoms with Gasteiger partial charge in [0.15, 0.2) is 39.0 Å². The van der Waals surface area contributed by atoms with E-state index in [-0.39, 0.29) is 27.6 Å². The highest BCUT2D eigenvalue weighted by atomic mass is 32.2. The molecule has 1 saturated heterocycles. The topological polar surface area (TPSA) is 114 Å². The summed E-state index contributed by atoms with van der Waals surface area (Å²) in [5, 5.41) is 0.00824. The zero-order chi connectivity index (χ0) is 35.6. The average Bonchev–Trinajstić information content (AvgIpc) is 3.10. The predicted molar refractivity (Wildman–Crippen MR) is 191 cm³/mol. The van der Waals surface area contributed by atoms with Gasteiger partial charge in [-0.3, -0.25) is 0 Å². The molecule has 3 aromatic rings. The molecule has 49 heavy (non-hydrogen) atoms. The third-order valence-electron chi connectivity index (χ3n) is 8.70. The van der Waals surface area contributed by atoms with Crippen molar-refractivity contribution in [1.29, 1.82) is 0 Å². The molecule has 260 valence electrons. The van der Waals surface area contributed by atoms with Crippen molar-refractivity contribution in [3.8, 4) is 0 Å². The maximum Gasteiger partial charge on any atom is 0.338 e. The Labute approximate surface area is 293 Å². The second-order valence-electron chi connectivity index (χ2n) is 13.2. The molecular formula is C38H44O9SSi. The molecule has 1 unspecified atom stereocenters. The second-order valence-corrected chi connectivity index (χ2v) is 19.2. The summed E-state index contributed by atoms with van der Waals surface area (Å²) >= 11 is 1.27. The van der Waals surface area contributed by atoms with Gasteiger partial charge in [0.05, 0.1) is 16.7 Å². The van der Waals surface area contributed by atoms with Crippen LogP contribution in [0.2, 0.25) is 18.1 Å². The molecular weight excluding hydrogens is 661 g/mol. The normalized spacial score (nSPS) is 21.5. The number of rotatable bonds is 14. The summed E-state index contributed by atoms with van der Waals surface area (Å²) in [4.78, 5) is 52.9. The summed E-state index contributed by atoms with van der Waals surface area (Å²) in [5.74, 6) is -1.94. The van der Waals surface area contributed by atoms with Gasteiger partial charge in [0.25, 0.3) is 0 Å². The van der Waals surface area contributed by atoms with E-state index < -0.39 is 56.1 Å². The molecule has 1 fully saturated rings. The number of hydrogen-bond donors (Lipinski definition) is 0. The van der Waals surface area contributed by atoms with Crippen LogP contribution >= 0.6 is 11.8 Å². The molecule has 1 aliphatic rings. The summed E-state index contributed by atoms with van der Waals surface area (Å²) in [6.07, 6.45) is -3.21. The van der Waals surface area contributed by atoms with Crippen LogP contribution in [0, 0.1) is 5.92 Å². The average molecular weight is 705 g/mol. The minimum Gasteiger partial charge on any atom is -0.451 e. The predicted octanol–water partition coefficient (Wildman–Crippen LogP) is 7.14. The minimum atomic E-state index is -2.07. The third-order valence-corrected chi connectivity index (χ3v) is 14.5. The van der Waals surface area contributed by atoms with Gasteiger partial charge in [-0.15, -0.1) is 18.3 Å². The fraction of sp³-hybridized carbons (Fsp3) is 0.368. The molecule has 1 heterocycles. The molecule has 11 heteroatoms. The van der Waals surface area contributed by atoms with Crippen LogP contribution in [0.4, 0.5) is 0 Å². The van der Waals surface area contributed by atoms with Gasteiger partial charge >= 0.3 is 17.9 Å². The van der Waals surface area contributed by atoms with Crippen LogP contribution < -0.4 is 0 Å². The van der Waals surface area contributed by atoms with Gasteiger partial charge in [-0.2, -0.15) is 0 Å². The monoisotopic (exact) mass is 704 g/mol. The Morgan fingerprint density at radius 2 is 1.20 bits per heavy atom. The molecule has 0 N–H and O–H groups in total. The van der Waals surface area contributed by atoms with Crippen LogP contribution in [0.3, 0.4) is 0 Å². The molecule has 0 amide bonds. The van der Waals surface area contributed by atoms with Crippen molar-refractivity contribution in [2.24, 2.45) is 5.92 Å². The zero-order valence-corrected chi connectivity index (χ0v) is 30.3. The van der Waals surface area contributed by atoms with E-state index in [0.29, 0.717) is 18.6 Å². The van der Waals surface area contributed by atoms with Crippen LogP contribution in [-0.4, -0.2) is 74.7 Å². The van der Waals surface area contributed by atoms with Crippen molar-refractivity contribution in [2.75, 3.05) is 12.4 Å². The van der Waals surface area contributed by atoms with E-state index in [1.165, 1.54) is 11.8 Å². The second kappa shape index (κ2) is 17.1. The van der Waals surface area contributed by atoms with Crippen molar-refractivity contribution < 1.29 is 42.6 Å². The molecule has 0 aromatic heterocycles. The van der Waals surface area contributed by atoms with E-state index in [1.807, 2.05) is 0 Å². The summed E-state index contributed by atoms with van der Waals surface area (Å²) in [5.41, 5.74) is -0.318. The number of carbonyl (C=O) groups excluding carboxylic acids is 4. The zero-order valence-electron chi connectivity index (χ0n) is 28.5. The first-order valence-electron chi connectivity index (χ1n) is 16.1. The minimum absolute atomic E-state index is 0.00824. The summed E-state index contributed by atoms with van der Waals surface area (Å²) in [6, 6.07) is 24.7. The Balaban J connectivity index is 1.69. The number of hydrogen-bond acceptors (Lipinski definition) is 10. The Bertz CT molecular complexity index is 1560. The first-order valence-corrected chi connectivity index (χ1v) is 20.1. The standard InChI is InChI=1S/C38H44O9SSi/c1-7-26(24-43-49(5,6)38(2,3)4)25-48-37-33(47-36(42)29-21-15-10-16-22-29)32(46-35(41)28-19-13-9-14-20-28)31(30(23-39)44-37)45-34(40)27-17-11-8-12-18-27/h7-23,26,30-33,37H,1,24-25H2,2-6H3/t26?,30-,31+,32+,33-,37-/m1/s1.